The summed E-state index contributed by atoms with van der Waals surface area (Å²) in [5.74, 6) is 0.0533. The van der Waals surface area contributed by atoms with Gasteiger partial charge in [-0.3, -0.25) is 4.79 Å². The lowest BCUT2D eigenvalue weighted by atomic mass is 10.1. The monoisotopic (exact) mass is 486 g/mol. The van der Waals surface area contributed by atoms with E-state index in [0.29, 0.717) is 23.6 Å². The Morgan fingerprint density at radius 3 is 2.34 bits per heavy atom. The number of carbonyl (C=O) groups is 1. The van der Waals surface area contributed by atoms with Gasteiger partial charge in [-0.15, -0.1) is 5.10 Å². The fraction of sp³-hybridized carbons (Fsp3) is 0.286. The third kappa shape index (κ3) is 5.16. The van der Waals surface area contributed by atoms with Crippen molar-refractivity contribution in [1.29, 1.82) is 0 Å². The van der Waals surface area contributed by atoms with E-state index in [4.69, 9.17) is 23.2 Å². The van der Waals surface area contributed by atoms with Crippen LogP contribution in [0.3, 0.4) is 0 Å². The van der Waals surface area contributed by atoms with E-state index < -0.39 is 17.4 Å². The molecule has 0 aliphatic rings. The molecule has 6 nitrogen and oxygen atoms in total. The number of aromatic nitrogens is 3. The van der Waals surface area contributed by atoms with Gasteiger partial charge >= 0.3 is 11.9 Å². The third-order valence-electron chi connectivity index (χ3n) is 4.87. The van der Waals surface area contributed by atoms with E-state index in [1.54, 1.807) is 19.2 Å². The van der Waals surface area contributed by atoms with E-state index in [2.05, 4.69) is 5.10 Å². The normalized spacial score (nSPS) is 11.6. The van der Waals surface area contributed by atoms with Crippen LogP contribution in [-0.4, -0.2) is 38.7 Å². The van der Waals surface area contributed by atoms with Gasteiger partial charge in [0.25, 0.3) is 0 Å². The van der Waals surface area contributed by atoms with Gasteiger partial charge < -0.3 is 4.90 Å². The molecule has 2 aromatic carbocycles. The molecule has 0 bridgehead atoms. The Labute approximate surface area is 191 Å². The van der Waals surface area contributed by atoms with Crippen LogP contribution in [0.4, 0.5) is 13.2 Å². The highest BCUT2D eigenvalue weighted by atomic mass is 35.5. The molecule has 0 N–H and O–H groups in total. The maximum atomic E-state index is 13.1. The van der Waals surface area contributed by atoms with Crippen molar-refractivity contribution in [2.75, 3.05) is 13.6 Å². The van der Waals surface area contributed by atoms with Crippen LogP contribution in [0, 0.1) is 0 Å². The highest BCUT2D eigenvalue weighted by Crippen LogP contribution is 2.32. The van der Waals surface area contributed by atoms with E-state index in [9.17, 15) is 22.8 Å². The molecule has 0 spiro atoms. The Bertz CT molecular complexity index is 1190. The molecule has 0 unspecified atom stereocenters. The molecule has 11 heteroatoms. The Morgan fingerprint density at radius 2 is 1.78 bits per heavy atom. The number of hydrogen-bond acceptors (Lipinski definition) is 3. The van der Waals surface area contributed by atoms with Crippen LogP contribution in [0.25, 0.3) is 17.1 Å². The minimum absolute atomic E-state index is 0.110. The van der Waals surface area contributed by atoms with Crippen molar-refractivity contribution in [1.82, 2.24) is 19.2 Å². The largest absolute Gasteiger partial charge is 0.416 e. The second-order valence-electron chi connectivity index (χ2n) is 7.13. The van der Waals surface area contributed by atoms with E-state index in [0.717, 1.165) is 12.1 Å². The molecule has 0 saturated heterocycles. The van der Waals surface area contributed by atoms with E-state index in [1.165, 1.54) is 39.3 Å². The number of halogens is 5. The van der Waals surface area contributed by atoms with Gasteiger partial charge in [0.15, 0.2) is 5.82 Å². The summed E-state index contributed by atoms with van der Waals surface area (Å²) in [5.41, 5.74) is -0.778. The predicted molar refractivity (Wildman–Crippen MR) is 116 cm³/mol. The molecule has 0 aliphatic heterocycles. The highest BCUT2D eigenvalue weighted by molar-refractivity contribution is 6.36. The lowest BCUT2D eigenvalue weighted by Gasteiger charge is -2.13. The van der Waals surface area contributed by atoms with Crippen LogP contribution in [-0.2, 0) is 17.5 Å². The van der Waals surface area contributed by atoms with Crippen LogP contribution in [0.15, 0.2) is 47.3 Å². The Balaban J connectivity index is 2.06. The van der Waals surface area contributed by atoms with Crippen molar-refractivity contribution in [3.8, 4) is 17.1 Å². The van der Waals surface area contributed by atoms with E-state index >= 15 is 0 Å². The summed E-state index contributed by atoms with van der Waals surface area (Å²) in [6.45, 7) is 2.04. The van der Waals surface area contributed by atoms with Gasteiger partial charge in [-0.1, -0.05) is 23.2 Å². The number of hydrogen-bond donors (Lipinski definition) is 0. The molecular formula is C21H19Cl2F3N4O2. The first-order valence-electron chi connectivity index (χ1n) is 9.53. The number of carbonyl (C=O) groups excluding carboxylic acids is 1. The molecule has 1 amide bonds. The number of amides is 1. The molecular weight excluding hydrogens is 468 g/mol. The summed E-state index contributed by atoms with van der Waals surface area (Å²) in [6.07, 6.45) is -4.05. The fourth-order valence-corrected chi connectivity index (χ4v) is 3.54. The minimum atomic E-state index is -4.50. The first-order chi connectivity index (χ1) is 15.0. The number of nitrogens with zero attached hydrogens (tertiary/aromatic N) is 4. The van der Waals surface area contributed by atoms with Crippen molar-refractivity contribution >= 4 is 29.1 Å². The molecule has 1 aromatic heterocycles. The lowest BCUT2D eigenvalue weighted by Crippen LogP contribution is -2.28. The van der Waals surface area contributed by atoms with Crippen molar-refractivity contribution in [3.05, 3.63) is 68.6 Å². The summed E-state index contributed by atoms with van der Waals surface area (Å²) < 4.78 is 41.3. The summed E-state index contributed by atoms with van der Waals surface area (Å²) in [6, 6.07) is 8.84. The maximum absolute atomic E-state index is 13.1. The average molecular weight is 487 g/mol. The van der Waals surface area contributed by atoms with E-state index in [-0.39, 0.29) is 29.0 Å². The number of alkyl halides is 3. The smallest absolute Gasteiger partial charge is 0.346 e. The second-order valence-corrected chi connectivity index (χ2v) is 7.97. The standard InChI is InChI=1S/C21H19Cl2F3N4O2/c1-13(31)28(2)10-3-11-29-20(32)30(16-7-4-14(5-8-16)21(24,25)26)19(27-29)17-9-6-15(22)12-18(17)23/h4-9,12H,3,10-11H2,1-2H3. The summed E-state index contributed by atoms with van der Waals surface area (Å²) >= 11 is 12.3. The quantitative estimate of drug-likeness (QED) is 0.498. The van der Waals surface area contributed by atoms with Gasteiger partial charge in [-0.25, -0.2) is 14.0 Å². The molecule has 1 heterocycles. The Kier molecular flexibility index (Phi) is 7.00. The molecule has 0 saturated carbocycles. The van der Waals surface area contributed by atoms with Crippen LogP contribution >= 0.6 is 23.2 Å². The summed E-state index contributed by atoms with van der Waals surface area (Å²) in [4.78, 5) is 26.0. The maximum Gasteiger partial charge on any atom is 0.416 e. The van der Waals surface area contributed by atoms with Gasteiger partial charge in [0, 0.05) is 37.6 Å². The second kappa shape index (κ2) is 9.38. The van der Waals surface area contributed by atoms with Gasteiger partial charge in [0.05, 0.1) is 16.3 Å². The van der Waals surface area contributed by atoms with Crippen LogP contribution in [0.5, 0.6) is 0 Å². The first-order valence-corrected chi connectivity index (χ1v) is 10.3. The molecule has 32 heavy (non-hydrogen) atoms. The zero-order valence-electron chi connectivity index (χ0n) is 17.2. The number of rotatable bonds is 6. The molecule has 0 fully saturated rings. The highest BCUT2D eigenvalue weighted by Gasteiger charge is 2.30. The Hall–Kier alpha value is -2.78. The molecule has 3 aromatic rings. The number of aryl methyl sites for hydroxylation is 1. The zero-order valence-corrected chi connectivity index (χ0v) is 18.7. The Morgan fingerprint density at radius 1 is 1.12 bits per heavy atom. The van der Waals surface area contributed by atoms with Crippen LogP contribution < -0.4 is 5.69 Å². The van der Waals surface area contributed by atoms with Crippen molar-refractivity contribution in [2.24, 2.45) is 0 Å². The molecule has 0 atom stereocenters. The predicted octanol–water partition coefficient (Wildman–Crippen LogP) is 4.90. The molecule has 0 aliphatic carbocycles. The first kappa shape index (κ1) is 23.9. The summed E-state index contributed by atoms with van der Waals surface area (Å²) in [5, 5.41) is 4.99. The van der Waals surface area contributed by atoms with Crippen molar-refractivity contribution in [3.63, 3.8) is 0 Å². The summed E-state index contributed by atoms with van der Waals surface area (Å²) in [7, 11) is 1.64. The molecule has 0 radical (unpaired) electrons. The topological polar surface area (TPSA) is 60.1 Å². The van der Waals surface area contributed by atoms with Crippen molar-refractivity contribution < 1.29 is 18.0 Å². The van der Waals surface area contributed by atoms with Gasteiger partial charge in [-0.05, 0) is 48.9 Å². The SMILES string of the molecule is CC(=O)N(C)CCCn1nc(-c2ccc(Cl)cc2Cl)n(-c2ccc(C(F)(F)F)cc2)c1=O. The van der Waals surface area contributed by atoms with Crippen LogP contribution in [0.1, 0.15) is 18.9 Å². The minimum Gasteiger partial charge on any atom is -0.346 e. The van der Waals surface area contributed by atoms with Gasteiger partial charge in [0.1, 0.15) is 0 Å². The zero-order chi connectivity index (χ0) is 23.6. The fourth-order valence-electron chi connectivity index (χ4n) is 3.05. The van der Waals surface area contributed by atoms with Crippen LogP contribution in [0.2, 0.25) is 10.0 Å². The third-order valence-corrected chi connectivity index (χ3v) is 5.41. The number of benzene rings is 2. The molecule has 170 valence electrons. The van der Waals surface area contributed by atoms with Gasteiger partial charge in [0.2, 0.25) is 5.91 Å². The van der Waals surface area contributed by atoms with E-state index in [1.807, 2.05) is 0 Å². The molecule has 3 rings (SSSR count). The average Bonchev–Trinajstić information content (AvgIpc) is 3.03. The van der Waals surface area contributed by atoms with Gasteiger partial charge in [-0.2, -0.15) is 13.2 Å². The lowest BCUT2D eigenvalue weighted by molar-refractivity contribution is -0.137. The van der Waals surface area contributed by atoms with Crippen molar-refractivity contribution in [2.45, 2.75) is 26.1 Å².